The van der Waals surface area contributed by atoms with Crippen molar-refractivity contribution in [2.45, 2.75) is 26.2 Å². The molecule has 19 heavy (non-hydrogen) atoms. The highest BCUT2D eigenvalue weighted by molar-refractivity contribution is 7.22. The number of piperidine rings is 1. The van der Waals surface area contributed by atoms with Gasteiger partial charge in [0.25, 0.3) is 0 Å². The Balaban J connectivity index is 0.00000133. The molecule has 3 rings (SSSR count). The van der Waals surface area contributed by atoms with Crippen LogP contribution in [0.25, 0.3) is 10.2 Å². The number of rotatable bonds is 3. The van der Waals surface area contributed by atoms with E-state index in [0.717, 1.165) is 29.5 Å². The van der Waals surface area contributed by atoms with Crippen LogP contribution in [0.5, 0.6) is 5.75 Å². The summed E-state index contributed by atoms with van der Waals surface area (Å²) in [6, 6.07) is 6.18. The molecular formula is C14H19ClN2OS. The number of ether oxygens (including phenoxy) is 1. The van der Waals surface area contributed by atoms with E-state index in [1.807, 2.05) is 19.1 Å². The predicted octanol–water partition coefficient (Wildman–Crippen LogP) is 4.11. The van der Waals surface area contributed by atoms with Crippen LogP contribution in [-0.2, 0) is 0 Å². The Bertz CT molecular complexity index is 537. The van der Waals surface area contributed by atoms with Crippen molar-refractivity contribution in [2.24, 2.45) is 0 Å². The number of anilines is 1. The highest BCUT2D eigenvalue weighted by Crippen LogP contribution is 2.34. The number of fused-ring (bicyclic) bond motifs is 1. The second-order valence-electron chi connectivity index (χ2n) is 4.58. The van der Waals surface area contributed by atoms with E-state index in [-0.39, 0.29) is 12.4 Å². The third-order valence-electron chi connectivity index (χ3n) is 3.30. The molecule has 1 fully saturated rings. The SMILES string of the molecule is CCOc1cccc2sc(N3CCCCC3)nc12.Cl. The van der Waals surface area contributed by atoms with Gasteiger partial charge < -0.3 is 9.64 Å². The molecule has 0 spiro atoms. The Kier molecular flexibility index (Phi) is 4.88. The first-order valence-corrected chi connectivity index (χ1v) is 7.47. The summed E-state index contributed by atoms with van der Waals surface area (Å²) < 4.78 is 6.87. The lowest BCUT2D eigenvalue weighted by molar-refractivity contribution is 0.344. The molecule has 0 unspecified atom stereocenters. The molecule has 1 aromatic carbocycles. The largest absolute Gasteiger partial charge is 0.492 e. The van der Waals surface area contributed by atoms with Gasteiger partial charge in [-0.05, 0) is 38.3 Å². The fourth-order valence-corrected chi connectivity index (χ4v) is 3.44. The van der Waals surface area contributed by atoms with Crippen LogP contribution in [0.4, 0.5) is 5.13 Å². The van der Waals surface area contributed by atoms with Crippen LogP contribution in [-0.4, -0.2) is 24.7 Å². The minimum Gasteiger partial charge on any atom is -0.492 e. The van der Waals surface area contributed by atoms with Crippen molar-refractivity contribution in [1.29, 1.82) is 0 Å². The van der Waals surface area contributed by atoms with Gasteiger partial charge in [0.15, 0.2) is 5.13 Å². The van der Waals surface area contributed by atoms with E-state index in [4.69, 9.17) is 9.72 Å². The minimum absolute atomic E-state index is 0. The standard InChI is InChI=1S/C14H18N2OS.ClH/c1-2-17-11-7-6-8-12-13(11)15-14(18-12)16-9-4-3-5-10-16;/h6-8H,2-5,9-10H2,1H3;1H. The third-order valence-corrected chi connectivity index (χ3v) is 4.38. The summed E-state index contributed by atoms with van der Waals surface area (Å²) in [5, 5.41) is 1.15. The molecule has 0 amide bonds. The zero-order valence-corrected chi connectivity index (χ0v) is 12.7. The first-order chi connectivity index (χ1) is 8.88. The van der Waals surface area contributed by atoms with Gasteiger partial charge in [0.2, 0.25) is 0 Å². The van der Waals surface area contributed by atoms with Gasteiger partial charge in [0, 0.05) is 13.1 Å². The van der Waals surface area contributed by atoms with Gasteiger partial charge >= 0.3 is 0 Å². The van der Waals surface area contributed by atoms with Gasteiger partial charge in [0.1, 0.15) is 11.3 Å². The van der Waals surface area contributed by atoms with E-state index >= 15 is 0 Å². The molecular weight excluding hydrogens is 280 g/mol. The molecule has 0 aliphatic carbocycles. The van der Waals surface area contributed by atoms with E-state index in [1.165, 1.54) is 24.0 Å². The zero-order chi connectivity index (χ0) is 12.4. The number of benzene rings is 1. The van der Waals surface area contributed by atoms with Crippen molar-refractivity contribution in [3.8, 4) is 5.75 Å². The molecule has 1 aromatic heterocycles. The van der Waals surface area contributed by atoms with Crippen LogP contribution in [0.15, 0.2) is 18.2 Å². The number of hydrogen-bond acceptors (Lipinski definition) is 4. The lowest BCUT2D eigenvalue weighted by atomic mass is 10.1. The molecule has 0 saturated carbocycles. The average molecular weight is 299 g/mol. The monoisotopic (exact) mass is 298 g/mol. The Morgan fingerprint density at radius 3 is 2.79 bits per heavy atom. The van der Waals surface area contributed by atoms with E-state index in [0.29, 0.717) is 6.61 Å². The molecule has 104 valence electrons. The van der Waals surface area contributed by atoms with Crippen molar-refractivity contribution >= 4 is 39.1 Å². The Morgan fingerprint density at radius 2 is 2.05 bits per heavy atom. The normalized spacial score (nSPS) is 15.3. The Labute approximate surface area is 124 Å². The summed E-state index contributed by atoms with van der Waals surface area (Å²) in [7, 11) is 0. The van der Waals surface area contributed by atoms with Crippen LogP contribution in [0.3, 0.4) is 0 Å². The second kappa shape index (κ2) is 6.44. The van der Waals surface area contributed by atoms with Crippen LogP contribution >= 0.6 is 23.7 Å². The van der Waals surface area contributed by atoms with Crippen LogP contribution in [0.1, 0.15) is 26.2 Å². The number of para-hydroxylation sites is 1. The van der Waals surface area contributed by atoms with Gasteiger partial charge in [-0.2, -0.15) is 0 Å². The van der Waals surface area contributed by atoms with Crippen LogP contribution < -0.4 is 9.64 Å². The smallest absolute Gasteiger partial charge is 0.186 e. The number of thiazole rings is 1. The molecule has 2 heterocycles. The maximum Gasteiger partial charge on any atom is 0.186 e. The highest BCUT2D eigenvalue weighted by atomic mass is 35.5. The number of halogens is 1. The van der Waals surface area contributed by atoms with E-state index in [9.17, 15) is 0 Å². The number of nitrogens with zero attached hydrogens (tertiary/aromatic N) is 2. The fourth-order valence-electron chi connectivity index (χ4n) is 2.40. The van der Waals surface area contributed by atoms with Crippen molar-refractivity contribution in [1.82, 2.24) is 4.98 Å². The maximum atomic E-state index is 5.65. The van der Waals surface area contributed by atoms with Gasteiger partial charge in [-0.3, -0.25) is 0 Å². The summed E-state index contributed by atoms with van der Waals surface area (Å²) in [6.45, 7) is 4.99. The van der Waals surface area contributed by atoms with Crippen molar-refractivity contribution in [3.05, 3.63) is 18.2 Å². The maximum absolute atomic E-state index is 5.65. The van der Waals surface area contributed by atoms with Crippen LogP contribution in [0, 0.1) is 0 Å². The highest BCUT2D eigenvalue weighted by Gasteiger charge is 2.16. The summed E-state index contributed by atoms with van der Waals surface area (Å²) in [4.78, 5) is 7.18. The third kappa shape index (κ3) is 2.95. The molecule has 0 radical (unpaired) electrons. The molecule has 1 aliphatic heterocycles. The lowest BCUT2D eigenvalue weighted by Crippen LogP contribution is -2.29. The Hall–Kier alpha value is -1.00. The molecule has 1 aliphatic rings. The molecule has 0 atom stereocenters. The fraction of sp³-hybridized carbons (Fsp3) is 0.500. The van der Waals surface area contributed by atoms with Crippen LogP contribution in [0.2, 0.25) is 0 Å². The van der Waals surface area contributed by atoms with Gasteiger partial charge in [-0.15, -0.1) is 12.4 Å². The average Bonchev–Trinajstić information content (AvgIpc) is 2.85. The molecule has 1 saturated heterocycles. The molecule has 0 N–H and O–H groups in total. The molecule has 0 bridgehead atoms. The zero-order valence-electron chi connectivity index (χ0n) is 11.1. The first kappa shape index (κ1) is 14.4. The van der Waals surface area contributed by atoms with Crippen molar-refractivity contribution < 1.29 is 4.74 Å². The van der Waals surface area contributed by atoms with Gasteiger partial charge in [0.05, 0.1) is 11.3 Å². The topological polar surface area (TPSA) is 25.4 Å². The first-order valence-electron chi connectivity index (χ1n) is 6.66. The lowest BCUT2D eigenvalue weighted by Gasteiger charge is -2.25. The number of hydrogen-bond donors (Lipinski definition) is 0. The second-order valence-corrected chi connectivity index (χ2v) is 5.59. The molecule has 2 aromatic rings. The Morgan fingerprint density at radius 1 is 1.26 bits per heavy atom. The molecule has 3 nitrogen and oxygen atoms in total. The summed E-state index contributed by atoms with van der Waals surface area (Å²) in [5.41, 5.74) is 1.02. The number of aromatic nitrogens is 1. The quantitative estimate of drug-likeness (QED) is 0.853. The summed E-state index contributed by atoms with van der Waals surface area (Å²) in [6.07, 6.45) is 3.92. The van der Waals surface area contributed by atoms with E-state index in [1.54, 1.807) is 11.3 Å². The summed E-state index contributed by atoms with van der Waals surface area (Å²) in [5.74, 6) is 0.912. The van der Waals surface area contributed by atoms with Crippen molar-refractivity contribution in [2.75, 3.05) is 24.6 Å². The van der Waals surface area contributed by atoms with Gasteiger partial charge in [-0.1, -0.05) is 17.4 Å². The summed E-state index contributed by atoms with van der Waals surface area (Å²) >= 11 is 1.78. The van der Waals surface area contributed by atoms with Gasteiger partial charge in [-0.25, -0.2) is 4.98 Å². The minimum atomic E-state index is 0. The predicted molar refractivity (Wildman–Crippen MR) is 84.1 cm³/mol. The van der Waals surface area contributed by atoms with E-state index < -0.39 is 0 Å². The molecule has 5 heteroatoms. The van der Waals surface area contributed by atoms with Crippen molar-refractivity contribution in [3.63, 3.8) is 0 Å². The van der Waals surface area contributed by atoms with E-state index in [2.05, 4.69) is 11.0 Å².